The highest BCUT2D eigenvalue weighted by molar-refractivity contribution is 6.31. The summed E-state index contributed by atoms with van der Waals surface area (Å²) in [5, 5.41) is 10.7. The van der Waals surface area contributed by atoms with Crippen LogP contribution in [-0.4, -0.2) is 41.7 Å². The molecule has 0 unspecified atom stereocenters. The number of ether oxygens (including phenoxy) is 1. The number of nitro groups is 1. The zero-order valence-electron chi connectivity index (χ0n) is 9.59. The molecular formula is C9H13ClN4O3. The highest BCUT2D eigenvalue weighted by Crippen LogP contribution is 2.30. The smallest absolute Gasteiger partial charge is 0.348 e. The molecule has 0 saturated carbocycles. The Hall–Kier alpha value is -1.47. The minimum absolute atomic E-state index is 0.164. The number of nitrogens with zero attached hydrogens (tertiary/aromatic N) is 4. The second-order valence-electron chi connectivity index (χ2n) is 3.21. The topological polar surface area (TPSA) is 81.4 Å². The third-order valence-corrected chi connectivity index (χ3v) is 2.35. The van der Waals surface area contributed by atoms with Gasteiger partial charge in [-0.2, -0.15) is 0 Å². The van der Waals surface area contributed by atoms with Crippen LogP contribution < -0.4 is 4.90 Å². The maximum atomic E-state index is 10.9. The molecule has 0 aliphatic carbocycles. The number of rotatable bonds is 6. The largest absolute Gasteiger partial charge is 0.380 e. The van der Waals surface area contributed by atoms with Gasteiger partial charge in [0.15, 0.2) is 0 Å². The first kappa shape index (κ1) is 13.6. The van der Waals surface area contributed by atoms with E-state index in [4.69, 9.17) is 16.3 Å². The third-order valence-electron chi connectivity index (χ3n) is 2.08. The van der Waals surface area contributed by atoms with Crippen molar-refractivity contribution in [2.75, 3.05) is 31.7 Å². The molecule has 0 radical (unpaired) electrons. The molecule has 1 heterocycles. The first-order chi connectivity index (χ1) is 8.07. The Morgan fingerprint density at radius 2 is 2.29 bits per heavy atom. The van der Waals surface area contributed by atoms with E-state index in [-0.39, 0.29) is 16.7 Å². The summed E-state index contributed by atoms with van der Waals surface area (Å²) in [6.45, 7) is 3.43. The average molecular weight is 261 g/mol. The van der Waals surface area contributed by atoms with Gasteiger partial charge in [-0.15, -0.1) is 0 Å². The van der Waals surface area contributed by atoms with Crippen LogP contribution >= 0.6 is 11.6 Å². The molecule has 0 aromatic carbocycles. The molecule has 0 fully saturated rings. The lowest BCUT2D eigenvalue weighted by Gasteiger charge is -2.17. The van der Waals surface area contributed by atoms with Gasteiger partial charge in [0.25, 0.3) is 0 Å². The second-order valence-corrected chi connectivity index (χ2v) is 3.57. The van der Waals surface area contributed by atoms with Crippen LogP contribution in [0.4, 0.5) is 11.5 Å². The van der Waals surface area contributed by atoms with E-state index >= 15 is 0 Å². The Bertz CT molecular complexity index is 402. The SMILES string of the molecule is CCOCCN(C)c1ncnc(Cl)c1[N+](=O)[O-]. The van der Waals surface area contributed by atoms with Crippen molar-refractivity contribution >= 4 is 23.1 Å². The first-order valence-electron chi connectivity index (χ1n) is 5.01. The number of aromatic nitrogens is 2. The van der Waals surface area contributed by atoms with E-state index < -0.39 is 4.92 Å². The molecule has 7 nitrogen and oxygen atoms in total. The van der Waals surface area contributed by atoms with E-state index in [2.05, 4.69) is 9.97 Å². The van der Waals surface area contributed by atoms with Gasteiger partial charge in [0.1, 0.15) is 6.33 Å². The van der Waals surface area contributed by atoms with Crippen molar-refractivity contribution < 1.29 is 9.66 Å². The second kappa shape index (κ2) is 6.31. The molecule has 17 heavy (non-hydrogen) atoms. The Morgan fingerprint density at radius 1 is 1.59 bits per heavy atom. The van der Waals surface area contributed by atoms with Gasteiger partial charge in [-0.25, -0.2) is 9.97 Å². The number of halogens is 1. The van der Waals surface area contributed by atoms with Crippen LogP contribution in [0.15, 0.2) is 6.33 Å². The van der Waals surface area contributed by atoms with Crippen LogP contribution in [0, 0.1) is 10.1 Å². The maximum absolute atomic E-state index is 10.9. The Balaban J connectivity index is 2.89. The predicted molar refractivity (Wildman–Crippen MR) is 63.5 cm³/mol. The molecule has 0 atom stereocenters. The molecule has 1 aromatic rings. The van der Waals surface area contributed by atoms with Crippen LogP contribution in [0.3, 0.4) is 0 Å². The molecule has 1 aromatic heterocycles. The lowest BCUT2D eigenvalue weighted by molar-refractivity contribution is -0.384. The number of hydrogen-bond acceptors (Lipinski definition) is 6. The molecular weight excluding hydrogens is 248 g/mol. The predicted octanol–water partition coefficient (Wildman–Crippen LogP) is 1.51. The van der Waals surface area contributed by atoms with Crippen molar-refractivity contribution in [3.63, 3.8) is 0 Å². The van der Waals surface area contributed by atoms with Crippen molar-refractivity contribution in [1.82, 2.24) is 9.97 Å². The summed E-state index contributed by atoms with van der Waals surface area (Å²) < 4.78 is 5.17. The fraction of sp³-hybridized carbons (Fsp3) is 0.556. The molecule has 1 rings (SSSR count). The summed E-state index contributed by atoms with van der Waals surface area (Å²) >= 11 is 5.68. The van der Waals surface area contributed by atoms with Crippen molar-refractivity contribution in [2.24, 2.45) is 0 Å². The van der Waals surface area contributed by atoms with Crippen LogP contribution in [-0.2, 0) is 4.74 Å². The number of anilines is 1. The van der Waals surface area contributed by atoms with E-state index in [1.165, 1.54) is 6.33 Å². The molecule has 0 spiro atoms. The van der Waals surface area contributed by atoms with E-state index in [1.54, 1.807) is 11.9 Å². The van der Waals surface area contributed by atoms with E-state index in [0.29, 0.717) is 19.8 Å². The summed E-state index contributed by atoms with van der Waals surface area (Å²) in [4.78, 5) is 19.4. The number of likely N-dealkylation sites (N-methyl/N-ethyl adjacent to an activating group) is 1. The number of hydrogen-bond donors (Lipinski definition) is 0. The minimum atomic E-state index is -0.588. The molecule has 0 amide bonds. The molecule has 0 saturated heterocycles. The van der Waals surface area contributed by atoms with Crippen LogP contribution in [0.1, 0.15) is 6.92 Å². The molecule has 8 heteroatoms. The van der Waals surface area contributed by atoms with Crippen LogP contribution in [0.5, 0.6) is 0 Å². The summed E-state index contributed by atoms with van der Waals surface area (Å²) in [5.41, 5.74) is -0.284. The standard InChI is InChI=1S/C9H13ClN4O3/c1-3-17-5-4-13(2)9-7(14(15)16)8(10)11-6-12-9/h6H,3-5H2,1-2H3. The summed E-state index contributed by atoms with van der Waals surface area (Å²) in [5.74, 6) is 0.190. The Kier molecular flexibility index (Phi) is 5.05. The highest BCUT2D eigenvalue weighted by atomic mass is 35.5. The van der Waals surface area contributed by atoms with Crippen molar-refractivity contribution in [2.45, 2.75) is 6.92 Å². The first-order valence-corrected chi connectivity index (χ1v) is 5.39. The highest BCUT2D eigenvalue weighted by Gasteiger charge is 2.23. The maximum Gasteiger partial charge on any atom is 0.348 e. The van der Waals surface area contributed by atoms with E-state index in [0.717, 1.165) is 0 Å². The van der Waals surface area contributed by atoms with Crippen molar-refractivity contribution in [3.05, 3.63) is 21.6 Å². The van der Waals surface area contributed by atoms with Gasteiger partial charge in [0.2, 0.25) is 11.0 Å². The lowest BCUT2D eigenvalue weighted by atomic mass is 10.4. The quantitative estimate of drug-likeness (QED) is 0.334. The summed E-state index contributed by atoms with van der Waals surface area (Å²) in [6, 6.07) is 0. The molecule has 0 aliphatic heterocycles. The minimum Gasteiger partial charge on any atom is -0.380 e. The molecule has 0 N–H and O–H groups in total. The Labute approximate surface area is 104 Å². The van der Waals surface area contributed by atoms with Gasteiger partial charge >= 0.3 is 5.69 Å². The molecule has 94 valence electrons. The average Bonchev–Trinajstić information content (AvgIpc) is 2.28. The monoisotopic (exact) mass is 260 g/mol. The fourth-order valence-corrected chi connectivity index (χ4v) is 1.43. The molecule has 0 bridgehead atoms. The summed E-state index contributed by atoms with van der Waals surface area (Å²) in [7, 11) is 1.69. The Morgan fingerprint density at radius 3 is 2.88 bits per heavy atom. The van der Waals surface area contributed by atoms with Crippen LogP contribution in [0.2, 0.25) is 5.15 Å². The van der Waals surface area contributed by atoms with Crippen molar-refractivity contribution in [3.8, 4) is 0 Å². The van der Waals surface area contributed by atoms with E-state index in [1.807, 2.05) is 6.92 Å². The summed E-state index contributed by atoms with van der Waals surface area (Å²) in [6.07, 6.45) is 1.20. The van der Waals surface area contributed by atoms with Gasteiger partial charge in [-0.1, -0.05) is 11.6 Å². The van der Waals surface area contributed by atoms with Gasteiger partial charge in [-0.3, -0.25) is 10.1 Å². The zero-order valence-corrected chi connectivity index (χ0v) is 10.3. The lowest BCUT2D eigenvalue weighted by Crippen LogP contribution is -2.24. The normalized spacial score (nSPS) is 10.3. The zero-order chi connectivity index (χ0) is 12.8. The van der Waals surface area contributed by atoms with Gasteiger partial charge in [0.05, 0.1) is 11.5 Å². The third kappa shape index (κ3) is 3.50. The van der Waals surface area contributed by atoms with Gasteiger partial charge in [0, 0.05) is 20.2 Å². The fourth-order valence-electron chi connectivity index (χ4n) is 1.24. The van der Waals surface area contributed by atoms with Crippen LogP contribution in [0.25, 0.3) is 0 Å². The van der Waals surface area contributed by atoms with Gasteiger partial charge in [-0.05, 0) is 6.92 Å². The molecule has 0 aliphatic rings. The van der Waals surface area contributed by atoms with E-state index in [9.17, 15) is 10.1 Å². The van der Waals surface area contributed by atoms with Crippen molar-refractivity contribution in [1.29, 1.82) is 0 Å². The van der Waals surface area contributed by atoms with Gasteiger partial charge < -0.3 is 9.64 Å².